The van der Waals surface area contributed by atoms with Crippen LogP contribution in [0.5, 0.6) is 0 Å². The van der Waals surface area contributed by atoms with E-state index >= 15 is 0 Å². The van der Waals surface area contributed by atoms with E-state index in [0.717, 1.165) is 0 Å². The van der Waals surface area contributed by atoms with E-state index in [4.69, 9.17) is 14.2 Å². The van der Waals surface area contributed by atoms with Gasteiger partial charge in [0.15, 0.2) is 17.7 Å². The molecule has 30 heavy (non-hydrogen) atoms. The largest absolute Gasteiger partial charge is 0.394 e. The number of rotatable bonds is 6. The first-order valence-corrected chi connectivity index (χ1v) is 9.59. The minimum atomic E-state index is -1.55. The van der Waals surface area contributed by atoms with Crippen LogP contribution in [0.1, 0.15) is 20.8 Å². The Balaban J connectivity index is 1.86. The molecule has 2 amide bonds. The molecule has 0 radical (unpaired) electrons. The standard InChI is InChI=1S/C17H29N3O10/c1-6(23)18-10-12(26)11(25)8(4-21)28-15(10)29-13-9(5-22)30-16(3)17(20-16,14(13)27)19-7(2)24/h8-15,20-22,25-27H,4-5H2,1-3H3,(H,18,23)(H,19,24)/t8-,9-,10-,11-,12-,13-,14+,15+,16-,17+/m1/s1. The average molecular weight is 435 g/mol. The summed E-state index contributed by atoms with van der Waals surface area (Å²) in [6, 6.07) is -1.25. The molecule has 3 aliphatic heterocycles. The van der Waals surface area contributed by atoms with Crippen molar-refractivity contribution < 1.29 is 49.3 Å². The lowest BCUT2D eigenvalue weighted by molar-refractivity contribution is -0.313. The predicted molar refractivity (Wildman–Crippen MR) is 96.3 cm³/mol. The third kappa shape index (κ3) is 3.81. The first kappa shape index (κ1) is 23.2. The molecule has 0 bridgehead atoms. The number of amides is 2. The van der Waals surface area contributed by atoms with Gasteiger partial charge in [-0.3, -0.25) is 14.9 Å². The molecule has 3 fully saturated rings. The normalized spacial score (nSPS) is 47.9. The quantitative estimate of drug-likeness (QED) is 0.186. The van der Waals surface area contributed by atoms with Crippen molar-refractivity contribution in [3.63, 3.8) is 0 Å². The molecule has 0 aromatic carbocycles. The Morgan fingerprint density at radius 1 is 1.07 bits per heavy atom. The van der Waals surface area contributed by atoms with Gasteiger partial charge in [-0.15, -0.1) is 0 Å². The highest BCUT2D eigenvalue weighted by Gasteiger charge is 2.76. The zero-order valence-electron chi connectivity index (χ0n) is 16.8. The maximum absolute atomic E-state index is 11.6. The van der Waals surface area contributed by atoms with Crippen LogP contribution in [0.2, 0.25) is 0 Å². The average Bonchev–Trinajstić information content (AvgIpc) is 3.27. The fraction of sp³-hybridized carbons (Fsp3) is 0.882. The molecule has 0 unspecified atom stereocenters. The lowest BCUT2D eigenvalue weighted by atomic mass is 9.92. The van der Waals surface area contributed by atoms with Crippen LogP contribution in [0.3, 0.4) is 0 Å². The van der Waals surface area contributed by atoms with Gasteiger partial charge < -0.3 is 50.4 Å². The number of hydrogen-bond donors (Lipinski definition) is 8. The molecule has 3 aliphatic rings. The number of carbonyl (C=O) groups is 2. The Morgan fingerprint density at radius 2 is 1.70 bits per heavy atom. The third-order valence-electron chi connectivity index (χ3n) is 5.73. The van der Waals surface area contributed by atoms with Gasteiger partial charge in [0.2, 0.25) is 11.8 Å². The summed E-state index contributed by atoms with van der Waals surface area (Å²) in [6.45, 7) is 2.84. The number of aliphatic hydroxyl groups is 5. The Morgan fingerprint density at radius 3 is 2.23 bits per heavy atom. The maximum atomic E-state index is 11.6. The second-order valence-electron chi connectivity index (χ2n) is 7.96. The van der Waals surface area contributed by atoms with Crippen molar-refractivity contribution in [1.82, 2.24) is 16.0 Å². The topological polar surface area (TPSA) is 209 Å². The molecule has 13 nitrogen and oxygen atoms in total. The molecule has 0 saturated carbocycles. The van der Waals surface area contributed by atoms with Gasteiger partial charge in [0.25, 0.3) is 0 Å². The Hall–Kier alpha value is -1.42. The van der Waals surface area contributed by atoms with Crippen LogP contribution in [0, 0.1) is 0 Å². The molecule has 0 aliphatic carbocycles. The number of aliphatic hydroxyl groups excluding tert-OH is 5. The van der Waals surface area contributed by atoms with Crippen molar-refractivity contribution in [3.05, 3.63) is 0 Å². The van der Waals surface area contributed by atoms with Crippen LogP contribution in [0.25, 0.3) is 0 Å². The lowest BCUT2D eigenvalue weighted by Gasteiger charge is -2.46. The van der Waals surface area contributed by atoms with Crippen molar-refractivity contribution in [2.75, 3.05) is 13.2 Å². The molecule has 10 atom stereocenters. The zero-order chi connectivity index (χ0) is 22.4. The van der Waals surface area contributed by atoms with E-state index in [-0.39, 0.29) is 0 Å². The van der Waals surface area contributed by atoms with Crippen LogP contribution in [-0.2, 0) is 23.8 Å². The third-order valence-corrected chi connectivity index (χ3v) is 5.73. The second-order valence-corrected chi connectivity index (χ2v) is 7.96. The summed E-state index contributed by atoms with van der Waals surface area (Å²) in [6.07, 6.45) is -9.44. The van der Waals surface area contributed by atoms with E-state index in [9.17, 15) is 35.1 Å². The van der Waals surface area contributed by atoms with Crippen molar-refractivity contribution in [1.29, 1.82) is 0 Å². The molecular formula is C17H29N3O10. The van der Waals surface area contributed by atoms with Gasteiger partial charge in [-0.1, -0.05) is 0 Å². The summed E-state index contributed by atoms with van der Waals surface area (Å²) in [7, 11) is 0. The minimum Gasteiger partial charge on any atom is -0.394 e. The fourth-order valence-corrected chi connectivity index (χ4v) is 4.19. The Kier molecular flexibility index (Phi) is 6.40. The molecule has 0 aromatic rings. The van der Waals surface area contributed by atoms with Gasteiger partial charge in [-0.05, 0) is 6.92 Å². The fourth-order valence-electron chi connectivity index (χ4n) is 4.19. The van der Waals surface area contributed by atoms with E-state index in [2.05, 4.69) is 16.0 Å². The van der Waals surface area contributed by atoms with Crippen molar-refractivity contribution in [3.8, 4) is 0 Å². The molecule has 172 valence electrons. The van der Waals surface area contributed by atoms with E-state index < -0.39 is 85.4 Å². The highest BCUT2D eigenvalue weighted by Crippen LogP contribution is 2.47. The molecule has 3 rings (SSSR count). The molecule has 13 heteroatoms. The highest BCUT2D eigenvalue weighted by molar-refractivity contribution is 5.75. The summed E-state index contributed by atoms with van der Waals surface area (Å²) in [5, 5.41) is 58.6. The van der Waals surface area contributed by atoms with E-state index in [1.807, 2.05) is 0 Å². The number of fused-ring (bicyclic) bond motifs is 1. The summed E-state index contributed by atoms with van der Waals surface area (Å²) in [4.78, 5) is 23.2. The second kappa shape index (κ2) is 8.26. The monoisotopic (exact) mass is 435 g/mol. The summed E-state index contributed by atoms with van der Waals surface area (Å²) in [5.74, 6) is -0.991. The molecule has 0 aromatic heterocycles. The van der Waals surface area contributed by atoms with Gasteiger partial charge >= 0.3 is 0 Å². The number of carbonyl (C=O) groups excluding carboxylic acids is 2. The first-order valence-electron chi connectivity index (χ1n) is 9.59. The summed E-state index contributed by atoms with van der Waals surface area (Å²) in [5.41, 5.74) is -2.54. The Bertz CT molecular complexity index is 682. The molecule has 0 spiro atoms. The number of nitrogens with one attached hydrogen (secondary N) is 3. The maximum Gasteiger partial charge on any atom is 0.218 e. The van der Waals surface area contributed by atoms with Crippen LogP contribution < -0.4 is 16.0 Å². The van der Waals surface area contributed by atoms with E-state index in [0.29, 0.717) is 0 Å². The van der Waals surface area contributed by atoms with Gasteiger partial charge in [0.1, 0.15) is 42.7 Å². The zero-order valence-corrected chi connectivity index (χ0v) is 16.8. The lowest BCUT2D eigenvalue weighted by Crippen LogP contribution is -2.69. The SMILES string of the molecule is CC(=O)N[C@H]1[C@H](O[C@@H]2[C@@H](CO)O[C@@]3(C)N[C@@]3(NC(C)=O)[C@H]2O)O[C@H](CO)[C@@H](O)[C@@H]1O. The summed E-state index contributed by atoms with van der Waals surface area (Å²) >= 11 is 0. The number of ether oxygens (including phenoxy) is 3. The van der Waals surface area contributed by atoms with Crippen LogP contribution in [-0.4, -0.2) is 111 Å². The van der Waals surface area contributed by atoms with Crippen LogP contribution in [0.15, 0.2) is 0 Å². The van der Waals surface area contributed by atoms with Gasteiger partial charge in [-0.2, -0.15) is 0 Å². The summed E-state index contributed by atoms with van der Waals surface area (Å²) < 4.78 is 17.1. The van der Waals surface area contributed by atoms with Crippen LogP contribution >= 0.6 is 0 Å². The minimum absolute atomic E-state index is 0.445. The van der Waals surface area contributed by atoms with Crippen molar-refractivity contribution in [2.45, 2.75) is 81.1 Å². The molecule has 3 saturated heterocycles. The van der Waals surface area contributed by atoms with Crippen molar-refractivity contribution >= 4 is 11.8 Å². The Labute approximate surface area is 172 Å². The number of hydrogen-bond acceptors (Lipinski definition) is 11. The molecule has 3 heterocycles. The highest BCUT2D eigenvalue weighted by atomic mass is 16.7. The van der Waals surface area contributed by atoms with Gasteiger partial charge in [0.05, 0.1) is 13.2 Å². The van der Waals surface area contributed by atoms with Gasteiger partial charge in [0, 0.05) is 13.8 Å². The molecular weight excluding hydrogens is 406 g/mol. The predicted octanol–water partition coefficient (Wildman–Crippen LogP) is -4.78. The van der Waals surface area contributed by atoms with E-state index in [1.165, 1.54) is 13.8 Å². The van der Waals surface area contributed by atoms with Crippen molar-refractivity contribution in [2.24, 2.45) is 0 Å². The first-order chi connectivity index (χ1) is 14.0. The molecule has 8 N–H and O–H groups in total. The van der Waals surface area contributed by atoms with E-state index in [1.54, 1.807) is 6.92 Å². The smallest absolute Gasteiger partial charge is 0.218 e. The van der Waals surface area contributed by atoms with Crippen LogP contribution in [0.4, 0.5) is 0 Å². The van der Waals surface area contributed by atoms with Gasteiger partial charge in [-0.25, -0.2) is 0 Å².